The summed E-state index contributed by atoms with van der Waals surface area (Å²) in [5, 5.41) is 0.246. The topological polar surface area (TPSA) is 42.3 Å². The lowest BCUT2D eigenvalue weighted by Gasteiger charge is -2.36. The van der Waals surface area contributed by atoms with E-state index in [-0.39, 0.29) is 16.0 Å². The molecule has 0 N–H and O–H groups in total. The second kappa shape index (κ2) is 6.58. The van der Waals surface area contributed by atoms with E-state index in [9.17, 15) is 8.42 Å². The summed E-state index contributed by atoms with van der Waals surface area (Å²) in [6, 6.07) is 18.2. The minimum atomic E-state index is -3.73. The van der Waals surface area contributed by atoms with Gasteiger partial charge in [0.1, 0.15) is 4.90 Å². The zero-order chi connectivity index (χ0) is 18.3. The summed E-state index contributed by atoms with van der Waals surface area (Å²) in [4.78, 5) is 0.152. The molecule has 26 heavy (non-hydrogen) atoms. The van der Waals surface area contributed by atoms with E-state index in [0.717, 1.165) is 16.8 Å². The summed E-state index contributed by atoms with van der Waals surface area (Å²) in [5.41, 5.74) is 3.06. The van der Waals surface area contributed by atoms with E-state index in [4.69, 9.17) is 11.6 Å². The van der Waals surface area contributed by atoms with Gasteiger partial charge in [-0.3, -0.25) is 0 Å². The number of fused-ring (bicyclic) bond motifs is 1. The van der Waals surface area contributed by atoms with Crippen molar-refractivity contribution in [2.24, 2.45) is 0 Å². The number of nitrogens with zero attached hydrogens (tertiary/aromatic N) is 2. The van der Waals surface area contributed by atoms with Crippen LogP contribution < -0.4 is 0 Å². The van der Waals surface area contributed by atoms with Crippen LogP contribution in [0.2, 0.25) is 5.02 Å². The third-order valence-corrected chi connectivity index (χ3v) is 7.17. The number of hydrogen-bond donors (Lipinski definition) is 0. The Bertz CT molecular complexity index is 1040. The fourth-order valence-corrected chi connectivity index (χ4v) is 5.56. The highest BCUT2D eigenvalue weighted by atomic mass is 35.5. The van der Waals surface area contributed by atoms with Crippen LogP contribution in [0, 0.1) is 6.92 Å². The molecule has 1 aromatic heterocycles. The van der Waals surface area contributed by atoms with Crippen molar-refractivity contribution in [1.29, 1.82) is 0 Å². The molecule has 0 saturated heterocycles. The highest BCUT2D eigenvalue weighted by Crippen LogP contribution is 2.37. The second-order valence-electron chi connectivity index (χ2n) is 6.49. The zero-order valence-corrected chi connectivity index (χ0v) is 15.9. The molecular formula is C20H19ClN2O2S. The van der Waals surface area contributed by atoms with Gasteiger partial charge in [0.2, 0.25) is 10.0 Å². The maximum Gasteiger partial charge on any atom is 0.245 e. The van der Waals surface area contributed by atoms with E-state index in [1.807, 2.05) is 49.5 Å². The zero-order valence-electron chi connectivity index (χ0n) is 14.3. The lowest BCUT2D eigenvalue weighted by atomic mass is 10.0. The largest absolute Gasteiger partial charge is 0.348 e. The highest BCUT2D eigenvalue weighted by Gasteiger charge is 2.38. The average Bonchev–Trinajstić information content (AvgIpc) is 3.10. The Balaban J connectivity index is 1.87. The number of hydrogen-bond acceptors (Lipinski definition) is 2. The number of aromatic nitrogens is 1. The molecule has 0 fully saturated rings. The SMILES string of the molecule is Cc1ccc(C2c3cccn3CCN2S(=O)(=O)c2ccccc2Cl)cc1. The first-order valence-electron chi connectivity index (χ1n) is 8.46. The number of benzene rings is 2. The molecule has 1 unspecified atom stereocenters. The number of sulfonamides is 1. The van der Waals surface area contributed by atoms with Gasteiger partial charge in [-0.25, -0.2) is 8.42 Å². The second-order valence-corrected chi connectivity index (χ2v) is 8.75. The fraction of sp³-hybridized carbons (Fsp3) is 0.200. The molecule has 4 nitrogen and oxygen atoms in total. The molecule has 2 heterocycles. The van der Waals surface area contributed by atoms with Crippen molar-refractivity contribution < 1.29 is 8.42 Å². The van der Waals surface area contributed by atoms with Crippen LogP contribution >= 0.6 is 11.6 Å². The van der Waals surface area contributed by atoms with Gasteiger partial charge in [-0.2, -0.15) is 4.31 Å². The van der Waals surface area contributed by atoms with Crippen LogP contribution in [0.1, 0.15) is 22.9 Å². The summed E-state index contributed by atoms with van der Waals surface area (Å²) in [7, 11) is -3.73. The smallest absolute Gasteiger partial charge is 0.245 e. The average molecular weight is 387 g/mol. The number of halogens is 1. The van der Waals surface area contributed by atoms with Crippen LogP contribution in [-0.4, -0.2) is 23.8 Å². The van der Waals surface area contributed by atoms with Crippen LogP contribution in [0.25, 0.3) is 0 Å². The van der Waals surface area contributed by atoms with E-state index in [2.05, 4.69) is 4.57 Å². The van der Waals surface area contributed by atoms with E-state index in [1.54, 1.807) is 28.6 Å². The lowest BCUT2D eigenvalue weighted by molar-refractivity contribution is 0.298. The van der Waals surface area contributed by atoms with Gasteiger partial charge in [0.05, 0.1) is 11.1 Å². The van der Waals surface area contributed by atoms with Crippen LogP contribution in [0.3, 0.4) is 0 Å². The quantitative estimate of drug-likeness (QED) is 0.675. The first-order chi connectivity index (χ1) is 12.5. The van der Waals surface area contributed by atoms with Crippen molar-refractivity contribution >= 4 is 21.6 Å². The molecule has 0 saturated carbocycles. The summed E-state index contributed by atoms with van der Waals surface area (Å²) in [5.74, 6) is 0. The Morgan fingerprint density at radius 1 is 0.962 bits per heavy atom. The van der Waals surface area contributed by atoms with Gasteiger partial charge < -0.3 is 4.57 Å². The van der Waals surface area contributed by atoms with Crippen molar-refractivity contribution in [3.8, 4) is 0 Å². The Hall–Kier alpha value is -2.08. The minimum absolute atomic E-state index is 0.152. The summed E-state index contributed by atoms with van der Waals surface area (Å²) >= 11 is 6.21. The number of aryl methyl sites for hydroxylation is 1. The van der Waals surface area contributed by atoms with Gasteiger partial charge >= 0.3 is 0 Å². The molecule has 6 heteroatoms. The van der Waals surface area contributed by atoms with E-state index < -0.39 is 10.0 Å². The Kier molecular flexibility index (Phi) is 4.39. The molecule has 1 aliphatic heterocycles. The predicted octanol–water partition coefficient (Wildman–Crippen LogP) is 4.24. The first kappa shape index (κ1) is 17.3. The van der Waals surface area contributed by atoms with Crippen molar-refractivity contribution in [3.63, 3.8) is 0 Å². The summed E-state index contributed by atoms with van der Waals surface area (Å²) in [6.07, 6.45) is 2.00. The highest BCUT2D eigenvalue weighted by molar-refractivity contribution is 7.89. The van der Waals surface area contributed by atoms with Crippen LogP contribution in [0.5, 0.6) is 0 Å². The molecule has 134 valence electrons. The van der Waals surface area contributed by atoms with Gasteiger partial charge in [-0.15, -0.1) is 0 Å². The summed E-state index contributed by atoms with van der Waals surface area (Å²) in [6.45, 7) is 3.04. The van der Waals surface area contributed by atoms with Crippen molar-refractivity contribution in [3.05, 3.63) is 88.7 Å². The maximum absolute atomic E-state index is 13.4. The van der Waals surface area contributed by atoms with E-state index in [1.165, 1.54) is 0 Å². The maximum atomic E-state index is 13.4. The molecule has 0 bridgehead atoms. The molecule has 2 aromatic carbocycles. The Morgan fingerprint density at radius 2 is 1.69 bits per heavy atom. The van der Waals surface area contributed by atoms with Crippen LogP contribution in [0.15, 0.2) is 71.8 Å². The molecule has 0 aliphatic carbocycles. The van der Waals surface area contributed by atoms with Gasteiger partial charge in [0.15, 0.2) is 0 Å². The molecule has 1 aliphatic rings. The van der Waals surface area contributed by atoms with Crippen molar-refractivity contribution in [2.75, 3.05) is 6.54 Å². The number of rotatable bonds is 3. The van der Waals surface area contributed by atoms with Crippen LogP contribution in [0.4, 0.5) is 0 Å². The molecule has 0 radical (unpaired) electrons. The van der Waals surface area contributed by atoms with Crippen LogP contribution in [-0.2, 0) is 16.6 Å². The van der Waals surface area contributed by atoms with Gasteiger partial charge in [-0.05, 0) is 36.8 Å². The lowest BCUT2D eigenvalue weighted by Crippen LogP contribution is -2.42. The molecule has 1 atom stereocenters. The van der Waals surface area contributed by atoms with E-state index >= 15 is 0 Å². The summed E-state index contributed by atoms with van der Waals surface area (Å²) < 4.78 is 30.5. The normalized spacial score (nSPS) is 17.8. The monoisotopic (exact) mass is 386 g/mol. The Labute approximate surface area is 158 Å². The predicted molar refractivity (Wildman–Crippen MR) is 103 cm³/mol. The minimum Gasteiger partial charge on any atom is -0.348 e. The van der Waals surface area contributed by atoms with Crippen molar-refractivity contribution in [2.45, 2.75) is 24.4 Å². The Morgan fingerprint density at radius 3 is 2.42 bits per heavy atom. The van der Waals surface area contributed by atoms with Gasteiger partial charge in [-0.1, -0.05) is 53.6 Å². The van der Waals surface area contributed by atoms with Gasteiger partial charge in [0.25, 0.3) is 0 Å². The van der Waals surface area contributed by atoms with E-state index in [0.29, 0.717) is 13.1 Å². The standard InChI is InChI=1S/C20H19ClN2O2S/c1-15-8-10-16(11-9-15)20-18-6-4-12-22(18)13-14-23(20)26(24,25)19-7-3-2-5-17(19)21/h2-12,20H,13-14H2,1H3. The molecule has 3 aromatic rings. The molecule has 4 rings (SSSR count). The first-order valence-corrected chi connectivity index (χ1v) is 10.3. The fourth-order valence-electron chi connectivity index (χ4n) is 3.49. The molecular weight excluding hydrogens is 368 g/mol. The van der Waals surface area contributed by atoms with Gasteiger partial charge in [0, 0.05) is 25.0 Å². The molecule has 0 spiro atoms. The third-order valence-electron chi connectivity index (χ3n) is 4.81. The molecule has 0 amide bonds. The third kappa shape index (κ3) is 2.86. The van der Waals surface area contributed by atoms with Crippen molar-refractivity contribution in [1.82, 2.24) is 8.87 Å².